The third-order valence-corrected chi connectivity index (χ3v) is 3.15. The van der Waals surface area contributed by atoms with Gasteiger partial charge in [0.25, 0.3) is 0 Å². The van der Waals surface area contributed by atoms with Crippen LogP contribution in [0.3, 0.4) is 0 Å². The van der Waals surface area contributed by atoms with Crippen LogP contribution in [-0.2, 0) is 0 Å². The molecule has 0 atom stereocenters. The average molecular weight is 200 g/mol. The fourth-order valence-electron chi connectivity index (χ4n) is 1.56. The number of hydrogen-bond donors (Lipinski definition) is 0. The summed E-state index contributed by atoms with van der Waals surface area (Å²) in [5.74, 6) is 0.845. The molecule has 2 aliphatic rings. The number of nitrogens with zero attached hydrogens (tertiary/aromatic N) is 2. The normalized spacial score (nSPS) is 16.6. The van der Waals surface area contributed by atoms with Gasteiger partial charge in [0, 0.05) is 16.3 Å². The van der Waals surface area contributed by atoms with E-state index in [1.54, 1.807) is 11.8 Å². The molecule has 2 nitrogen and oxygen atoms in total. The fraction of sp³-hybridized carbons (Fsp3) is 0.0909. The molecule has 2 aliphatic heterocycles. The largest absolute Gasteiger partial charge is 0.273 e. The summed E-state index contributed by atoms with van der Waals surface area (Å²) in [6, 6.07) is 4.23. The number of benzene rings is 1. The minimum absolute atomic E-state index is 0.845. The summed E-state index contributed by atoms with van der Waals surface area (Å²) in [7, 11) is 0. The van der Waals surface area contributed by atoms with Crippen molar-refractivity contribution in [3.63, 3.8) is 0 Å². The first-order chi connectivity index (χ1) is 6.93. The van der Waals surface area contributed by atoms with Crippen LogP contribution in [0.1, 0.15) is 0 Å². The van der Waals surface area contributed by atoms with Gasteiger partial charge in [0.15, 0.2) is 0 Å². The van der Waals surface area contributed by atoms with Crippen molar-refractivity contribution < 1.29 is 0 Å². The molecule has 0 saturated carbocycles. The van der Waals surface area contributed by atoms with Gasteiger partial charge in [0.1, 0.15) is 0 Å². The SMILES string of the molecule is C1=CC=c2cc3c(cc2N=C1)=NCS3. The van der Waals surface area contributed by atoms with E-state index in [9.17, 15) is 0 Å². The molecular formula is C11H8N2S. The molecule has 0 aromatic heterocycles. The molecule has 3 heteroatoms. The van der Waals surface area contributed by atoms with Crippen molar-refractivity contribution >= 4 is 29.7 Å². The van der Waals surface area contributed by atoms with Crippen molar-refractivity contribution in [2.75, 3.05) is 5.88 Å². The summed E-state index contributed by atoms with van der Waals surface area (Å²) in [6.45, 7) is 0. The first-order valence-electron chi connectivity index (χ1n) is 4.46. The van der Waals surface area contributed by atoms with Gasteiger partial charge in [-0.3, -0.25) is 9.98 Å². The van der Waals surface area contributed by atoms with Crippen LogP contribution in [0.25, 0.3) is 6.08 Å². The fourth-order valence-corrected chi connectivity index (χ4v) is 2.39. The van der Waals surface area contributed by atoms with Gasteiger partial charge in [-0.2, -0.15) is 0 Å². The monoisotopic (exact) mass is 200 g/mol. The highest BCUT2D eigenvalue weighted by Gasteiger charge is 2.06. The van der Waals surface area contributed by atoms with Gasteiger partial charge in [-0.25, -0.2) is 0 Å². The van der Waals surface area contributed by atoms with Crippen molar-refractivity contribution in [2.45, 2.75) is 4.90 Å². The molecule has 1 aromatic rings. The smallest absolute Gasteiger partial charge is 0.0898 e. The second-order valence-corrected chi connectivity index (χ2v) is 4.13. The standard InChI is InChI=1S/C11H8N2S/c1-2-4-12-9-6-10-11(14-7-13-10)5-8(9)3-1/h1-6H,7H2. The maximum absolute atomic E-state index is 4.39. The molecule has 0 spiro atoms. The van der Waals surface area contributed by atoms with Crippen LogP contribution in [0.2, 0.25) is 0 Å². The van der Waals surface area contributed by atoms with Crippen LogP contribution in [-0.4, -0.2) is 12.1 Å². The average Bonchev–Trinajstić information content (AvgIpc) is 2.51. The molecule has 3 rings (SSSR count). The van der Waals surface area contributed by atoms with E-state index in [-0.39, 0.29) is 0 Å². The van der Waals surface area contributed by atoms with E-state index in [4.69, 9.17) is 0 Å². The van der Waals surface area contributed by atoms with E-state index in [2.05, 4.69) is 28.2 Å². The van der Waals surface area contributed by atoms with Crippen molar-refractivity contribution in [1.82, 2.24) is 0 Å². The number of fused-ring (bicyclic) bond motifs is 2. The molecule has 0 amide bonds. The summed E-state index contributed by atoms with van der Waals surface area (Å²) in [4.78, 5) is 10.0. The van der Waals surface area contributed by atoms with E-state index in [1.165, 1.54) is 10.1 Å². The Morgan fingerprint density at radius 1 is 1.21 bits per heavy atom. The number of rotatable bonds is 0. The summed E-state index contributed by atoms with van der Waals surface area (Å²) in [5.41, 5.74) is 1.01. The maximum atomic E-state index is 4.39. The lowest BCUT2D eigenvalue weighted by atomic mass is 10.2. The Labute approximate surface area is 85.8 Å². The first-order valence-corrected chi connectivity index (χ1v) is 5.44. The minimum atomic E-state index is 0.845. The topological polar surface area (TPSA) is 24.7 Å². The van der Waals surface area contributed by atoms with Gasteiger partial charge < -0.3 is 0 Å². The Morgan fingerprint density at radius 3 is 3.21 bits per heavy atom. The number of thioether (sulfide) groups is 1. The molecule has 1 aromatic carbocycles. The summed E-state index contributed by atoms with van der Waals surface area (Å²) in [6.07, 6.45) is 7.85. The second kappa shape index (κ2) is 3.10. The highest BCUT2D eigenvalue weighted by Crippen LogP contribution is 2.18. The minimum Gasteiger partial charge on any atom is -0.273 e. The van der Waals surface area contributed by atoms with Gasteiger partial charge in [-0.05, 0) is 18.2 Å². The third-order valence-electron chi connectivity index (χ3n) is 2.25. The molecule has 14 heavy (non-hydrogen) atoms. The Morgan fingerprint density at radius 2 is 2.21 bits per heavy atom. The predicted octanol–water partition coefficient (Wildman–Crippen LogP) is 1.42. The number of aliphatic imine (C=N–C) groups is 1. The number of allylic oxidation sites excluding steroid dienone is 2. The molecule has 0 aliphatic carbocycles. The molecule has 68 valence electrons. The zero-order chi connectivity index (χ0) is 9.38. The van der Waals surface area contributed by atoms with Crippen LogP contribution in [0.5, 0.6) is 0 Å². The lowest BCUT2D eigenvalue weighted by Crippen LogP contribution is -2.09. The van der Waals surface area contributed by atoms with E-state index in [0.717, 1.165) is 16.9 Å². The first kappa shape index (κ1) is 8.00. The third kappa shape index (κ3) is 1.21. The zero-order valence-corrected chi connectivity index (χ0v) is 8.29. The van der Waals surface area contributed by atoms with Crippen LogP contribution >= 0.6 is 11.8 Å². The van der Waals surface area contributed by atoms with Crippen LogP contribution < -0.4 is 10.6 Å². The molecule has 0 unspecified atom stereocenters. The van der Waals surface area contributed by atoms with Crippen LogP contribution in [0.4, 0.5) is 5.69 Å². The van der Waals surface area contributed by atoms with Gasteiger partial charge >= 0.3 is 0 Å². The Hall–Kier alpha value is -1.35. The zero-order valence-electron chi connectivity index (χ0n) is 7.47. The van der Waals surface area contributed by atoms with E-state index in [1.807, 2.05) is 18.4 Å². The maximum Gasteiger partial charge on any atom is 0.0898 e. The van der Waals surface area contributed by atoms with Crippen molar-refractivity contribution in [3.05, 3.63) is 34.9 Å². The Balaban J connectivity index is 2.37. The Kier molecular flexibility index (Phi) is 1.77. The summed E-state index contributed by atoms with van der Waals surface area (Å²) < 4.78 is 0. The molecule has 2 heterocycles. The summed E-state index contributed by atoms with van der Waals surface area (Å²) >= 11 is 1.78. The lowest BCUT2D eigenvalue weighted by molar-refractivity contribution is 1.20. The Bertz CT molecular complexity index is 555. The van der Waals surface area contributed by atoms with Gasteiger partial charge in [-0.1, -0.05) is 12.2 Å². The second-order valence-electron chi connectivity index (χ2n) is 3.14. The van der Waals surface area contributed by atoms with Gasteiger partial charge in [-0.15, -0.1) is 11.8 Å². The molecule has 0 N–H and O–H groups in total. The lowest BCUT2D eigenvalue weighted by Gasteiger charge is -1.96. The van der Waals surface area contributed by atoms with Crippen molar-refractivity contribution in [1.29, 1.82) is 0 Å². The van der Waals surface area contributed by atoms with Crippen molar-refractivity contribution in [2.24, 2.45) is 9.98 Å². The molecule has 0 bridgehead atoms. The highest BCUT2D eigenvalue weighted by atomic mass is 32.2. The van der Waals surface area contributed by atoms with Crippen LogP contribution in [0, 0.1) is 0 Å². The van der Waals surface area contributed by atoms with E-state index >= 15 is 0 Å². The van der Waals surface area contributed by atoms with Crippen molar-refractivity contribution in [3.8, 4) is 0 Å². The predicted molar refractivity (Wildman–Crippen MR) is 59.7 cm³/mol. The molecule has 0 fully saturated rings. The van der Waals surface area contributed by atoms with Gasteiger partial charge in [0.2, 0.25) is 0 Å². The van der Waals surface area contributed by atoms with E-state index < -0.39 is 0 Å². The molecule has 0 saturated heterocycles. The molecular weight excluding hydrogens is 192 g/mol. The quantitative estimate of drug-likeness (QED) is 0.621. The van der Waals surface area contributed by atoms with E-state index in [0.29, 0.717) is 0 Å². The molecule has 0 radical (unpaired) electrons. The highest BCUT2D eigenvalue weighted by molar-refractivity contribution is 7.99. The van der Waals surface area contributed by atoms with Gasteiger partial charge in [0.05, 0.1) is 16.9 Å². The van der Waals surface area contributed by atoms with Crippen LogP contribution in [0.15, 0.2) is 39.2 Å². The number of hydrogen-bond acceptors (Lipinski definition) is 3. The summed E-state index contributed by atoms with van der Waals surface area (Å²) in [5, 5.41) is 2.26.